The minimum Gasteiger partial charge on any atom is -0.481 e. The lowest BCUT2D eigenvalue weighted by Gasteiger charge is -2.18. The molecule has 5 nitrogen and oxygen atoms in total. The zero-order valence-electron chi connectivity index (χ0n) is 15.6. The number of hydrogen-bond donors (Lipinski definition) is 2. The van der Waals surface area contributed by atoms with E-state index in [0.717, 1.165) is 0 Å². The van der Waals surface area contributed by atoms with Crippen LogP contribution in [0.3, 0.4) is 0 Å². The average molecular weight is 374 g/mol. The highest BCUT2D eigenvalue weighted by Gasteiger charge is 2.21. The number of amides is 2. The highest BCUT2D eigenvalue weighted by atomic mass is 16.5. The average Bonchev–Trinajstić information content (AvgIpc) is 2.73. The molecule has 0 aromatic heterocycles. The number of ether oxygens (including phenoxy) is 1. The molecule has 28 heavy (non-hydrogen) atoms. The van der Waals surface area contributed by atoms with Gasteiger partial charge in [-0.05, 0) is 42.8 Å². The van der Waals surface area contributed by atoms with Crippen LogP contribution in [0.25, 0.3) is 0 Å². The number of rotatable bonds is 7. The Hall–Kier alpha value is -3.60. The van der Waals surface area contributed by atoms with E-state index < -0.39 is 6.10 Å². The van der Waals surface area contributed by atoms with Gasteiger partial charge in [0.2, 0.25) is 0 Å². The van der Waals surface area contributed by atoms with Crippen LogP contribution in [0.5, 0.6) is 5.75 Å². The Balaban J connectivity index is 1.73. The van der Waals surface area contributed by atoms with Crippen molar-refractivity contribution in [2.45, 2.75) is 19.4 Å². The van der Waals surface area contributed by atoms with Crippen molar-refractivity contribution in [2.75, 3.05) is 10.6 Å². The summed E-state index contributed by atoms with van der Waals surface area (Å²) in [7, 11) is 0. The van der Waals surface area contributed by atoms with Crippen molar-refractivity contribution in [3.63, 3.8) is 0 Å². The third kappa shape index (κ3) is 4.98. The minimum atomic E-state index is -0.660. The Morgan fingerprint density at radius 2 is 1.43 bits per heavy atom. The molecular formula is C23H22N2O3. The second-order valence-electron chi connectivity index (χ2n) is 6.18. The molecule has 142 valence electrons. The predicted octanol–water partition coefficient (Wildman–Crippen LogP) is 4.74. The first kappa shape index (κ1) is 19.2. The molecule has 3 aromatic carbocycles. The third-order valence-electron chi connectivity index (χ3n) is 4.15. The number of para-hydroxylation sites is 3. The quantitative estimate of drug-likeness (QED) is 0.628. The van der Waals surface area contributed by atoms with Gasteiger partial charge in [-0.15, -0.1) is 0 Å². The molecule has 3 rings (SSSR count). The summed E-state index contributed by atoms with van der Waals surface area (Å²) in [6.07, 6.45) is -0.160. The van der Waals surface area contributed by atoms with Gasteiger partial charge in [0.05, 0.1) is 11.3 Å². The summed E-state index contributed by atoms with van der Waals surface area (Å²) in [5.74, 6) is 0.0325. The second-order valence-corrected chi connectivity index (χ2v) is 6.18. The summed E-state index contributed by atoms with van der Waals surface area (Å²) in [5, 5.41) is 5.66. The summed E-state index contributed by atoms with van der Waals surface area (Å²) in [6, 6.07) is 25.3. The molecule has 0 aliphatic heterocycles. The summed E-state index contributed by atoms with van der Waals surface area (Å²) in [5.41, 5.74) is 1.51. The van der Waals surface area contributed by atoms with Gasteiger partial charge in [0.15, 0.2) is 6.10 Å². The first-order valence-corrected chi connectivity index (χ1v) is 9.15. The van der Waals surface area contributed by atoms with E-state index in [4.69, 9.17) is 4.74 Å². The van der Waals surface area contributed by atoms with Gasteiger partial charge >= 0.3 is 0 Å². The van der Waals surface area contributed by atoms with Gasteiger partial charge in [0.1, 0.15) is 5.75 Å². The standard InChI is InChI=1S/C23H22N2O3/c1-2-21(28-18-13-7-4-8-14-18)23(27)25-20-16-10-9-15-19(20)22(26)24-17-11-5-3-6-12-17/h3-16,21H,2H2,1H3,(H,24,26)(H,25,27)/t21-/m1/s1. The number of nitrogens with one attached hydrogen (secondary N) is 2. The number of carbonyl (C=O) groups is 2. The lowest BCUT2D eigenvalue weighted by Crippen LogP contribution is -2.33. The molecule has 0 aliphatic rings. The van der Waals surface area contributed by atoms with E-state index in [-0.39, 0.29) is 11.8 Å². The molecule has 0 saturated heterocycles. The van der Waals surface area contributed by atoms with Gasteiger partial charge in [-0.1, -0.05) is 55.5 Å². The fourth-order valence-electron chi connectivity index (χ4n) is 2.71. The van der Waals surface area contributed by atoms with Crippen LogP contribution in [0.15, 0.2) is 84.9 Å². The molecule has 0 fully saturated rings. The van der Waals surface area contributed by atoms with Gasteiger partial charge in [0.25, 0.3) is 11.8 Å². The molecule has 2 N–H and O–H groups in total. The molecule has 0 bridgehead atoms. The SMILES string of the molecule is CC[C@@H](Oc1ccccc1)C(=O)Nc1ccccc1C(=O)Nc1ccccc1. The molecule has 2 amide bonds. The predicted molar refractivity (Wildman–Crippen MR) is 111 cm³/mol. The summed E-state index contributed by atoms with van der Waals surface area (Å²) >= 11 is 0. The van der Waals surface area contributed by atoms with Gasteiger partial charge in [0, 0.05) is 5.69 Å². The molecule has 0 saturated carbocycles. The number of carbonyl (C=O) groups excluding carboxylic acids is 2. The lowest BCUT2D eigenvalue weighted by molar-refractivity contribution is -0.122. The Kier molecular flexibility index (Phi) is 6.41. The normalized spacial score (nSPS) is 11.3. The summed E-state index contributed by atoms with van der Waals surface area (Å²) in [6.45, 7) is 1.88. The smallest absolute Gasteiger partial charge is 0.265 e. The maximum Gasteiger partial charge on any atom is 0.265 e. The molecule has 3 aromatic rings. The van der Waals surface area contributed by atoms with Gasteiger partial charge in [-0.2, -0.15) is 0 Å². The Morgan fingerprint density at radius 1 is 0.821 bits per heavy atom. The first-order chi connectivity index (χ1) is 13.7. The summed E-state index contributed by atoms with van der Waals surface area (Å²) < 4.78 is 5.78. The van der Waals surface area contributed by atoms with Crippen molar-refractivity contribution in [1.29, 1.82) is 0 Å². The number of anilines is 2. The minimum absolute atomic E-state index is 0.292. The van der Waals surface area contributed by atoms with Crippen molar-refractivity contribution < 1.29 is 14.3 Å². The van der Waals surface area contributed by atoms with E-state index in [2.05, 4.69) is 10.6 Å². The van der Waals surface area contributed by atoms with Crippen molar-refractivity contribution in [1.82, 2.24) is 0 Å². The fourth-order valence-corrected chi connectivity index (χ4v) is 2.71. The molecule has 1 atom stereocenters. The van der Waals surface area contributed by atoms with Crippen molar-refractivity contribution in [3.8, 4) is 5.75 Å². The third-order valence-corrected chi connectivity index (χ3v) is 4.15. The van der Waals surface area contributed by atoms with Crippen LogP contribution in [0.2, 0.25) is 0 Å². The highest BCUT2D eigenvalue weighted by Crippen LogP contribution is 2.19. The first-order valence-electron chi connectivity index (χ1n) is 9.15. The lowest BCUT2D eigenvalue weighted by atomic mass is 10.1. The van der Waals surface area contributed by atoms with E-state index in [1.807, 2.05) is 43.3 Å². The Morgan fingerprint density at radius 3 is 2.11 bits per heavy atom. The van der Waals surface area contributed by atoms with Crippen LogP contribution in [0.4, 0.5) is 11.4 Å². The van der Waals surface area contributed by atoms with E-state index in [1.165, 1.54) is 0 Å². The highest BCUT2D eigenvalue weighted by molar-refractivity contribution is 6.10. The number of benzene rings is 3. The monoisotopic (exact) mass is 374 g/mol. The van der Waals surface area contributed by atoms with Crippen molar-refractivity contribution >= 4 is 23.2 Å². The maximum atomic E-state index is 12.7. The van der Waals surface area contributed by atoms with E-state index in [9.17, 15) is 9.59 Å². The Bertz CT molecular complexity index is 927. The molecule has 0 unspecified atom stereocenters. The van der Waals surface area contributed by atoms with Crippen LogP contribution in [0, 0.1) is 0 Å². The molecule has 0 heterocycles. The zero-order chi connectivity index (χ0) is 19.8. The molecule has 5 heteroatoms. The molecule has 0 radical (unpaired) electrons. The Labute approximate surface area is 164 Å². The van der Waals surface area contributed by atoms with Crippen LogP contribution >= 0.6 is 0 Å². The molecule has 0 spiro atoms. The molecular weight excluding hydrogens is 352 g/mol. The van der Waals surface area contributed by atoms with Gasteiger partial charge in [-0.3, -0.25) is 9.59 Å². The van der Waals surface area contributed by atoms with Gasteiger partial charge < -0.3 is 15.4 Å². The van der Waals surface area contributed by atoms with E-state index in [1.54, 1.807) is 48.5 Å². The van der Waals surface area contributed by atoms with Crippen molar-refractivity contribution in [3.05, 3.63) is 90.5 Å². The summed E-state index contributed by atoms with van der Waals surface area (Å²) in [4.78, 5) is 25.4. The zero-order valence-corrected chi connectivity index (χ0v) is 15.6. The topological polar surface area (TPSA) is 67.4 Å². The largest absolute Gasteiger partial charge is 0.481 e. The fraction of sp³-hybridized carbons (Fsp3) is 0.130. The second kappa shape index (κ2) is 9.37. The van der Waals surface area contributed by atoms with Gasteiger partial charge in [-0.25, -0.2) is 0 Å². The van der Waals surface area contributed by atoms with E-state index in [0.29, 0.717) is 29.1 Å². The van der Waals surface area contributed by atoms with Crippen molar-refractivity contribution in [2.24, 2.45) is 0 Å². The van der Waals surface area contributed by atoms with Crippen LogP contribution in [-0.2, 0) is 4.79 Å². The van der Waals surface area contributed by atoms with Crippen LogP contribution < -0.4 is 15.4 Å². The molecule has 0 aliphatic carbocycles. The number of hydrogen-bond acceptors (Lipinski definition) is 3. The van der Waals surface area contributed by atoms with E-state index >= 15 is 0 Å². The maximum absolute atomic E-state index is 12.7. The van der Waals surface area contributed by atoms with Crippen LogP contribution in [-0.4, -0.2) is 17.9 Å². The van der Waals surface area contributed by atoms with Crippen LogP contribution in [0.1, 0.15) is 23.7 Å².